The molecule has 1 aromatic heterocycles. The monoisotopic (exact) mass is 330 g/mol. The Balaban J connectivity index is 1.95. The predicted molar refractivity (Wildman–Crippen MR) is 74.7 cm³/mol. The zero-order chi connectivity index (χ0) is 14.0. The van der Waals surface area contributed by atoms with Crippen molar-refractivity contribution < 1.29 is 13.9 Å². The van der Waals surface area contributed by atoms with Crippen LogP contribution in [-0.2, 0) is 16.1 Å². The van der Waals surface area contributed by atoms with Crippen LogP contribution in [0, 0.1) is 0 Å². The van der Waals surface area contributed by atoms with Gasteiger partial charge in [0.1, 0.15) is 5.76 Å². The number of halogens is 1. The first-order chi connectivity index (χ1) is 9.01. The van der Waals surface area contributed by atoms with Gasteiger partial charge in [0.25, 0.3) is 0 Å². The van der Waals surface area contributed by atoms with Gasteiger partial charge in [0, 0.05) is 20.7 Å². The summed E-state index contributed by atoms with van der Waals surface area (Å²) in [5.74, 6) is 0.876. The second-order valence-electron chi connectivity index (χ2n) is 4.95. The summed E-state index contributed by atoms with van der Waals surface area (Å²) in [5.41, 5.74) is 0. The quantitative estimate of drug-likeness (QED) is 0.843. The first-order valence-corrected chi connectivity index (χ1v) is 7.02. The standard InChI is InChI=1S/C13H19BrN2O3/c1-15-8-10(18-3)6-11(15)13(17)16(2)7-9-4-5-12(14)19-9/h4-5,10-11H,6-8H2,1-3H3/t10-,11-/m0/s1. The van der Waals surface area contributed by atoms with Gasteiger partial charge in [-0.1, -0.05) is 0 Å². The zero-order valence-electron chi connectivity index (χ0n) is 11.4. The van der Waals surface area contributed by atoms with E-state index in [1.807, 2.05) is 24.1 Å². The van der Waals surface area contributed by atoms with Gasteiger partial charge in [-0.3, -0.25) is 9.69 Å². The summed E-state index contributed by atoms with van der Waals surface area (Å²) in [6.07, 6.45) is 0.892. The number of carbonyl (C=O) groups is 1. The van der Waals surface area contributed by atoms with E-state index in [0.717, 1.165) is 18.7 Å². The lowest BCUT2D eigenvalue weighted by Crippen LogP contribution is -2.42. The molecule has 2 atom stereocenters. The zero-order valence-corrected chi connectivity index (χ0v) is 13.0. The van der Waals surface area contributed by atoms with Crippen molar-refractivity contribution in [3.8, 4) is 0 Å². The Morgan fingerprint density at radius 3 is 2.89 bits per heavy atom. The topological polar surface area (TPSA) is 45.9 Å². The summed E-state index contributed by atoms with van der Waals surface area (Å²) < 4.78 is 11.4. The molecule has 0 bridgehead atoms. The maximum Gasteiger partial charge on any atom is 0.240 e. The average Bonchev–Trinajstić information content (AvgIpc) is 2.94. The van der Waals surface area contributed by atoms with Crippen molar-refractivity contribution in [1.82, 2.24) is 9.80 Å². The summed E-state index contributed by atoms with van der Waals surface area (Å²) in [7, 11) is 5.45. The molecule has 0 unspecified atom stereocenters. The Morgan fingerprint density at radius 1 is 1.63 bits per heavy atom. The van der Waals surface area contributed by atoms with Crippen LogP contribution in [0.15, 0.2) is 21.2 Å². The van der Waals surface area contributed by atoms with Crippen LogP contribution in [0.4, 0.5) is 0 Å². The van der Waals surface area contributed by atoms with Crippen LogP contribution in [0.5, 0.6) is 0 Å². The molecule has 0 radical (unpaired) electrons. The largest absolute Gasteiger partial charge is 0.452 e. The molecule has 1 saturated heterocycles. The van der Waals surface area contributed by atoms with E-state index in [1.165, 1.54) is 0 Å². The van der Waals surface area contributed by atoms with Gasteiger partial charge in [0.15, 0.2) is 4.67 Å². The third-order valence-corrected chi connectivity index (χ3v) is 3.95. The second-order valence-corrected chi connectivity index (χ2v) is 5.73. The fraction of sp³-hybridized carbons (Fsp3) is 0.615. The van der Waals surface area contributed by atoms with Crippen LogP contribution in [0.25, 0.3) is 0 Å². The lowest BCUT2D eigenvalue weighted by Gasteiger charge is -2.24. The highest BCUT2D eigenvalue weighted by molar-refractivity contribution is 9.10. The van der Waals surface area contributed by atoms with Crippen molar-refractivity contribution in [2.24, 2.45) is 0 Å². The number of ether oxygens (including phenoxy) is 1. The minimum atomic E-state index is -0.103. The molecule has 19 heavy (non-hydrogen) atoms. The molecular formula is C13H19BrN2O3. The molecule has 1 aliphatic rings. The highest BCUT2D eigenvalue weighted by atomic mass is 79.9. The van der Waals surface area contributed by atoms with Gasteiger partial charge in [0.2, 0.25) is 5.91 Å². The molecule has 106 valence electrons. The second kappa shape index (κ2) is 6.07. The van der Waals surface area contributed by atoms with Gasteiger partial charge in [-0.05, 0) is 41.5 Å². The summed E-state index contributed by atoms with van der Waals surface area (Å²) in [6.45, 7) is 1.28. The Kier molecular flexibility index (Phi) is 4.65. The number of furan rings is 1. The van der Waals surface area contributed by atoms with Crippen molar-refractivity contribution in [3.63, 3.8) is 0 Å². The first kappa shape index (κ1) is 14.6. The number of amides is 1. The fourth-order valence-electron chi connectivity index (χ4n) is 2.41. The maximum atomic E-state index is 12.4. The third-order valence-electron chi connectivity index (χ3n) is 3.53. The van der Waals surface area contributed by atoms with E-state index in [9.17, 15) is 4.79 Å². The first-order valence-electron chi connectivity index (χ1n) is 6.23. The van der Waals surface area contributed by atoms with Gasteiger partial charge in [-0.15, -0.1) is 0 Å². The van der Waals surface area contributed by atoms with Gasteiger partial charge in [-0.25, -0.2) is 0 Å². The molecule has 1 aromatic rings. The molecule has 1 fully saturated rings. The van der Waals surface area contributed by atoms with Crippen molar-refractivity contribution in [1.29, 1.82) is 0 Å². The van der Waals surface area contributed by atoms with E-state index in [-0.39, 0.29) is 18.1 Å². The Labute approximate surface area is 121 Å². The Morgan fingerprint density at radius 2 is 2.37 bits per heavy atom. The summed E-state index contributed by atoms with van der Waals surface area (Å²) in [6, 6.07) is 3.59. The number of hydrogen-bond acceptors (Lipinski definition) is 4. The van der Waals surface area contributed by atoms with Gasteiger partial charge in [0.05, 0.1) is 18.7 Å². The minimum Gasteiger partial charge on any atom is -0.452 e. The predicted octanol–water partition coefficient (Wildman–Crippen LogP) is 1.72. The van der Waals surface area contributed by atoms with Crippen molar-refractivity contribution in [2.75, 3.05) is 27.7 Å². The molecule has 1 amide bonds. The van der Waals surface area contributed by atoms with E-state index < -0.39 is 0 Å². The van der Waals surface area contributed by atoms with Crippen LogP contribution in [-0.4, -0.2) is 55.6 Å². The van der Waals surface area contributed by atoms with Crippen LogP contribution in [0.3, 0.4) is 0 Å². The van der Waals surface area contributed by atoms with Gasteiger partial charge < -0.3 is 14.1 Å². The highest BCUT2D eigenvalue weighted by Gasteiger charge is 2.36. The SMILES string of the molecule is CO[C@H]1C[C@@H](C(=O)N(C)Cc2ccc(Br)o2)N(C)C1. The third kappa shape index (κ3) is 3.38. The smallest absolute Gasteiger partial charge is 0.240 e. The Bertz CT molecular complexity index is 449. The van der Waals surface area contributed by atoms with Crippen LogP contribution in [0.2, 0.25) is 0 Å². The summed E-state index contributed by atoms with van der Waals surface area (Å²) in [5, 5.41) is 0. The molecule has 0 aliphatic carbocycles. The lowest BCUT2D eigenvalue weighted by molar-refractivity contribution is -0.135. The molecule has 2 rings (SSSR count). The number of carbonyl (C=O) groups excluding carboxylic acids is 1. The van der Waals surface area contributed by atoms with Crippen molar-refractivity contribution in [3.05, 3.63) is 22.6 Å². The molecule has 2 heterocycles. The molecular weight excluding hydrogens is 312 g/mol. The van der Waals surface area contributed by atoms with Crippen LogP contribution < -0.4 is 0 Å². The summed E-state index contributed by atoms with van der Waals surface area (Å²) >= 11 is 3.26. The molecule has 6 heteroatoms. The van der Waals surface area contributed by atoms with Crippen molar-refractivity contribution >= 4 is 21.8 Å². The number of nitrogens with zero attached hydrogens (tertiary/aromatic N) is 2. The van der Waals surface area contributed by atoms with E-state index >= 15 is 0 Å². The number of rotatable bonds is 4. The average molecular weight is 331 g/mol. The minimum absolute atomic E-state index is 0.103. The molecule has 0 N–H and O–H groups in total. The molecule has 1 aliphatic heterocycles. The van der Waals surface area contributed by atoms with E-state index in [4.69, 9.17) is 9.15 Å². The molecule has 0 saturated carbocycles. The van der Waals surface area contributed by atoms with E-state index in [1.54, 1.807) is 19.1 Å². The molecule has 0 aromatic carbocycles. The van der Waals surface area contributed by atoms with E-state index in [2.05, 4.69) is 15.9 Å². The Hall–Kier alpha value is -0.850. The van der Waals surface area contributed by atoms with Gasteiger partial charge >= 0.3 is 0 Å². The van der Waals surface area contributed by atoms with Gasteiger partial charge in [-0.2, -0.15) is 0 Å². The normalized spacial score (nSPS) is 23.8. The number of methoxy groups -OCH3 is 1. The van der Waals surface area contributed by atoms with Crippen molar-refractivity contribution in [2.45, 2.75) is 25.1 Å². The highest BCUT2D eigenvalue weighted by Crippen LogP contribution is 2.21. The number of likely N-dealkylation sites (N-methyl/N-ethyl adjacent to an activating group) is 2. The molecule has 0 spiro atoms. The fourth-order valence-corrected chi connectivity index (χ4v) is 2.75. The van der Waals surface area contributed by atoms with Crippen LogP contribution in [0.1, 0.15) is 12.2 Å². The van der Waals surface area contributed by atoms with Crippen LogP contribution >= 0.6 is 15.9 Å². The summed E-state index contributed by atoms with van der Waals surface area (Å²) in [4.78, 5) is 16.1. The number of hydrogen-bond donors (Lipinski definition) is 0. The lowest BCUT2D eigenvalue weighted by atomic mass is 10.1. The number of likely N-dealkylation sites (tertiary alicyclic amines) is 1. The molecule has 5 nitrogen and oxygen atoms in total. The van der Waals surface area contributed by atoms with E-state index in [0.29, 0.717) is 11.2 Å². The maximum absolute atomic E-state index is 12.4.